The van der Waals surface area contributed by atoms with Crippen molar-refractivity contribution in [3.8, 4) is 0 Å². The summed E-state index contributed by atoms with van der Waals surface area (Å²) < 4.78 is 5.02. The van der Waals surface area contributed by atoms with Gasteiger partial charge in [-0.3, -0.25) is 0 Å². The zero-order valence-electron chi connectivity index (χ0n) is 22.8. The van der Waals surface area contributed by atoms with Crippen LogP contribution in [0.5, 0.6) is 0 Å². The predicted octanol–water partition coefficient (Wildman–Crippen LogP) is 5.17. The molecular formula is C30H37N5O3. The summed E-state index contributed by atoms with van der Waals surface area (Å²) >= 11 is 0. The molecule has 1 saturated heterocycles. The molecule has 200 valence electrons. The van der Waals surface area contributed by atoms with Gasteiger partial charge in [0.2, 0.25) is 0 Å². The second kappa shape index (κ2) is 12.5. The lowest BCUT2D eigenvalue weighted by Gasteiger charge is -2.26. The lowest BCUT2D eigenvalue weighted by molar-refractivity contribution is 0.0526. The number of anilines is 2. The summed E-state index contributed by atoms with van der Waals surface area (Å²) in [6.45, 7) is 11.0. The second-order valence-electron chi connectivity index (χ2n) is 9.59. The molecule has 2 heterocycles. The van der Waals surface area contributed by atoms with Gasteiger partial charge in [0.25, 0.3) is 0 Å². The number of hydrogen-bond donors (Lipinski definition) is 1. The summed E-state index contributed by atoms with van der Waals surface area (Å²) in [5, 5.41) is 2.96. The van der Waals surface area contributed by atoms with Crippen molar-refractivity contribution >= 4 is 23.5 Å². The fourth-order valence-electron chi connectivity index (χ4n) is 4.72. The number of nitrogens with one attached hydrogen (secondary N) is 1. The van der Waals surface area contributed by atoms with Gasteiger partial charge in [-0.1, -0.05) is 36.8 Å². The smallest absolute Gasteiger partial charge is 0.338 e. The monoisotopic (exact) mass is 515 g/mol. The molecule has 2 aromatic carbocycles. The Morgan fingerprint density at radius 1 is 0.921 bits per heavy atom. The van der Waals surface area contributed by atoms with Gasteiger partial charge in [0.15, 0.2) is 0 Å². The molecule has 1 N–H and O–H groups in total. The highest BCUT2D eigenvalue weighted by molar-refractivity contribution is 5.92. The number of benzene rings is 2. The number of rotatable bonds is 7. The van der Waals surface area contributed by atoms with E-state index in [0.717, 1.165) is 43.1 Å². The van der Waals surface area contributed by atoms with Crippen LogP contribution in [0.4, 0.5) is 16.3 Å². The molecule has 0 saturated carbocycles. The average Bonchev–Trinajstić information content (AvgIpc) is 3.17. The number of esters is 1. The molecule has 0 atom stereocenters. The lowest BCUT2D eigenvalue weighted by atomic mass is 10.0. The highest BCUT2D eigenvalue weighted by atomic mass is 16.5. The molecule has 0 bridgehead atoms. The number of carbonyl (C=O) groups is 2. The third kappa shape index (κ3) is 6.68. The molecule has 8 heteroatoms. The van der Waals surface area contributed by atoms with Gasteiger partial charge < -0.3 is 19.9 Å². The number of amides is 2. The summed E-state index contributed by atoms with van der Waals surface area (Å²) in [5.41, 5.74) is 5.83. The molecule has 1 aromatic heterocycles. The summed E-state index contributed by atoms with van der Waals surface area (Å²) in [6, 6.07) is 15.3. The number of ether oxygens (including phenoxy) is 1. The van der Waals surface area contributed by atoms with Crippen molar-refractivity contribution in [2.45, 2.75) is 47.0 Å². The molecule has 2 amide bonds. The average molecular weight is 516 g/mol. The molecule has 38 heavy (non-hydrogen) atoms. The van der Waals surface area contributed by atoms with Crippen LogP contribution in [0.2, 0.25) is 0 Å². The van der Waals surface area contributed by atoms with E-state index in [4.69, 9.17) is 14.7 Å². The van der Waals surface area contributed by atoms with Crippen molar-refractivity contribution in [3.63, 3.8) is 0 Å². The Bertz CT molecular complexity index is 1260. The van der Waals surface area contributed by atoms with Gasteiger partial charge in [-0.15, -0.1) is 0 Å². The largest absolute Gasteiger partial charge is 0.462 e. The van der Waals surface area contributed by atoms with E-state index in [2.05, 4.69) is 48.3 Å². The Morgan fingerprint density at radius 3 is 2.34 bits per heavy atom. The van der Waals surface area contributed by atoms with Crippen molar-refractivity contribution in [3.05, 3.63) is 82.3 Å². The van der Waals surface area contributed by atoms with Gasteiger partial charge in [0.1, 0.15) is 11.6 Å². The first-order valence-electron chi connectivity index (χ1n) is 13.4. The van der Waals surface area contributed by atoms with Crippen LogP contribution in [0.1, 0.15) is 58.8 Å². The molecule has 1 fully saturated rings. The Balaban J connectivity index is 1.46. The highest BCUT2D eigenvalue weighted by Gasteiger charge is 2.24. The number of hydrogen-bond acceptors (Lipinski definition) is 6. The van der Waals surface area contributed by atoms with E-state index in [1.165, 1.54) is 16.7 Å². The van der Waals surface area contributed by atoms with Crippen LogP contribution >= 0.6 is 0 Å². The Morgan fingerprint density at radius 2 is 1.66 bits per heavy atom. The van der Waals surface area contributed by atoms with Crippen LogP contribution in [0.25, 0.3) is 0 Å². The van der Waals surface area contributed by atoms with E-state index < -0.39 is 0 Å². The van der Waals surface area contributed by atoms with Crippen LogP contribution in [0.3, 0.4) is 0 Å². The van der Waals surface area contributed by atoms with Crippen molar-refractivity contribution in [1.29, 1.82) is 0 Å². The first-order chi connectivity index (χ1) is 18.4. The summed E-state index contributed by atoms with van der Waals surface area (Å²) in [5.74, 6) is 1.38. The Kier molecular flexibility index (Phi) is 8.94. The van der Waals surface area contributed by atoms with Gasteiger partial charge in [-0.05, 0) is 63.4 Å². The number of aryl methyl sites for hydroxylation is 3. The molecule has 3 aromatic rings. The first kappa shape index (κ1) is 27.1. The van der Waals surface area contributed by atoms with Crippen LogP contribution in [0, 0.1) is 13.8 Å². The van der Waals surface area contributed by atoms with Gasteiger partial charge >= 0.3 is 12.0 Å². The highest BCUT2D eigenvalue weighted by Crippen LogP contribution is 2.26. The van der Waals surface area contributed by atoms with E-state index in [1.54, 1.807) is 31.2 Å². The number of aromatic nitrogens is 2. The van der Waals surface area contributed by atoms with Crippen LogP contribution in [-0.4, -0.2) is 59.7 Å². The number of urea groups is 1. The minimum absolute atomic E-state index is 0.149. The maximum absolute atomic E-state index is 13.1. The molecule has 0 radical (unpaired) electrons. The third-order valence-corrected chi connectivity index (χ3v) is 6.75. The van der Waals surface area contributed by atoms with Crippen molar-refractivity contribution in [2.75, 3.05) is 43.0 Å². The zero-order chi connectivity index (χ0) is 27.1. The molecule has 1 aliphatic rings. The van der Waals surface area contributed by atoms with Gasteiger partial charge in [-0.2, -0.15) is 0 Å². The SMILES string of the molecule is CCOC(=O)c1ccc(NC(=O)N2CCCN(c3nc(C)nc(CC)c3Cc3ccc(C)cc3)CC2)cc1. The van der Waals surface area contributed by atoms with Gasteiger partial charge in [0, 0.05) is 49.5 Å². The maximum atomic E-state index is 13.1. The van der Waals surface area contributed by atoms with Crippen LogP contribution in [-0.2, 0) is 17.6 Å². The molecule has 0 aliphatic carbocycles. The van der Waals surface area contributed by atoms with Crippen molar-refractivity contribution in [2.24, 2.45) is 0 Å². The Hall–Kier alpha value is -3.94. The third-order valence-electron chi connectivity index (χ3n) is 6.75. The van der Waals surface area contributed by atoms with E-state index in [1.807, 2.05) is 11.8 Å². The minimum atomic E-state index is -0.370. The molecule has 0 spiro atoms. The molecule has 1 aliphatic heterocycles. The number of nitrogens with zero attached hydrogens (tertiary/aromatic N) is 4. The zero-order valence-corrected chi connectivity index (χ0v) is 22.8. The second-order valence-corrected chi connectivity index (χ2v) is 9.59. The fourth-order valence-corrected chi connectivity index (χ4v) is 4.72. The van der Waals surface area contributed by atoms with E-state index in [0.29, 0.717) is 37.5 Å². The topological polar surface area (TPSA) is 87.7 Å². The standard InChI is InChI=1S/C30H37N5O3/c1-5-27-26(20-23-10-8-21(3)9-11-23)28(32-22(4)31-27)34-16-7-17-35(19-18-34)30(37)33-25-14-12-24(13-15-25)29(36)38-6-2/h8-15H,5-7,16-20H2,1-4H3,(H,33,37). The lowest BCUT2D eigenvalue weighted by Crippen LogP contribution is -2.38. The molecule has 0 unspecified atom stereocenters. The maximum Gasteiger partial charge on any atom is 0.338 e. The van der Waals surface area contributed by atoms with Crippen molar-refractivity contribution in [1.82, 2.24) is 14.9 Å². The molecular weight excluding hydrogens is 478 g/mol. The van der Waals surface area contributed by atoms with E-state index >= 15 is 0 Å². The first-order valence-corrected chi connectivity index (χ1v) is 13.4. The van der Waals surface area contributed by atoms with E-state index in [-0.39, 0.29) is 12.0 Å². The van der Waals surface area contributed by atoms with Crippen LogP contribution < -0.4 is 10.2 Å². The Labute approximate surface area is 225 Å². The normalized spacial score (nSPS) is 13.7. The molecule has 4 rings (SSSR count). The summed E-state index contributed by atoms with van der Waals surface area (Å²) in [7, 11) is 0. The molecule has 8 nitrogen and oxygen atoms in total. The summed E-state index contributed by atoms with van der Waals surface area (Å²) in [4.78, 5) is 38.7. The summed E-state index contributed by atoms with van der Waals surface area (Å²) in [6.07, 6.45) is 2.46. The van der Waals surface area contributed by atoms with Crippen LogP contribution in [0.15, 0.2) is 48.5 Å². The van der Waals surface area contributed by atoms with Gasteiger partial charge in [0.05, 0.1) is 12.2 Å². The predicted molar refractivity (Wildman–Crippen MR) is 150 cm³/mol. The minimum Gasteiger partial charge on any atom is -0.462 e. The van der Waals surface area contributed by atoms with Gasteiger partial charge in [-0.25, -0.2) is 19.6 Å². The number of carbonyl (C=O) groups excluding carboxylic acids is 2. The van der Waals surface area contributed by atoms with Crippen molar-refractivity contribution < 1.29 is 14.3 Å². The van der Waals surface area contributed by atoms with E-state index in [9.17, 15) is 9.59 Å². The fraction of sp³-hybridized carbons (Fsp3) is 0.400. The quantitative estimate of drug-likeness (QED) is 0.437.